The van der Waals surface area contributed by atoms with Gasteiger partial charge < -0.3 is 19.1 Å². The van der Waals surface area contributed by atoms with Crippen molar-refractivity contribution in [2.24, 2.45) is 5.41 Å². The van der Waals surface area contributed by atoms with Crippen LogP contribution in [-0.4, -0.2) is 57.4 Å². The number of nitrogens with zero attached hydrogens (tertiary/aromatic N) is 1. The van der Waals surface area contributed by atoms with Crippen molar-refractivity contribution in [2.75, 3.05) is 40.5 Å². The third-order valence-electron chi connectivity index (χ3n) is 5.11. The van der Waals surface area contributed by atoms with Gasteiger partial charge in [-0.25, -0.2) is 4.39 Å². The van der Waals surface area contributed by atoms with E-state index in [0.717, 1.165) is 25.9 Å². The molecule has 132 valence electrons. The predicted octanol–water partition coefficient (Wildman–Crippen LogP) is 2.49. The van der Waals surface area contributed by atoms with Crippen LogP contribution in [0.25, 0.3) is 0 Å². The summed E-state index contributed by atoms with van der Waals surface area (Å²) in [5.41, 5.74) is 0.293. The molecule has 1 aromatic carbocycles. The van der Waals surface area contributed by atoms with Gasteiger partial charge in [0.1, 0.15) is 0 Å². The Balaban J connectivity index is 1.80. The molecule has 0 saturated carbocycles. The van der Waals surface area contributed by atoms with Crippen molar-refractivity contribution in [2.45, 2.75) is 25.4 Å². The van der Waals surface area contributed by atoms with Crippen molar-refractivity contribution in [1.82, 2.24) is 4.90 Å². The Hall–Kier alpha value is -1.66. The maximum atomic E-state index is 13.6. The average Bonchev–Trinajstić information content (AvgIpc) is 2.61. The number of methoxy groups -OCH3 is 2. The first-order chi connectivity index (χ1) is 11.6. The Morgan fingerprint density at radius 3 is 3.04 bits per heavy atom. The molecule has 5 nitrogen and oxygen atoms in total. The number of carbonyl (C=O) groups excluding carboxylic acids is 1. The molecule has 0 aliphatic carbocycles. The SMILES string of the molecule is COC[C@@]12CCCO[C@H]1CCN(C(=O)c1ccc(F)c(OC)c1)C2. The smallest absolute Gasteiger partial charge is 0.254 e. The number of benzene rings is 1. The Labute approximate surface area is 141 Å². The molecule has 3 rings (SSSR count). The van der Waals surface area contributed by atoms with Crippen molar-refractivity contribution in [3.63, 3.8) is 0 Å². The standard InChI is InChI=1S/C18H24FNO4/c1-22-12-18-7-3-9-24-16(18)6-8-20(11-18)17(21)13-4-5-14(19)15(10-13)23-2/h4-5,10,16H,3,6-9,11-12H2,1-2H3/t16-,18-/m0/s1. The summed E-state index contributed by atoms with van der Waals surface area (Å²) in [6.07, 6.45) is 2.90. The van der Waals surface area contributed by atoms with Crippen molar-refractivity contribution in [1.29, 1.82) is 0 Å². The van der Waals surface area contributed by atoms with E-state index in [1.54, 1.807) is 7.11 Å². The second-order valence-electron chi connectivity index (χ2n) is 6.62. The number of rotatable bonds is 4. The largest absolute Gasteiger partial charge is 0.494 e. The van der Waals surface area contributed by atoms with Crippen LogP contribution in [0.3, 0.4) is 0 Å². The number of carbonyl (C=O) groups is 1. The zero-order chi connectivity index (χ0) is 17.2. The van der Waals surface area contributed by atoms with Gasteiger partial charge in [-0.2, -0.15) is 0 Å². The molecule has 0 radical (unpaired) electrons. The third kappa shape index (κ3) is 3.13. The molecule has 2 fully saturated rings. The van der Waals surface area contributed by atoms with Crippen LogP contribution in [0.1, 0.15) is 29.6 Å². The zero-order valence-electron chi connectivity index (χ0n) is 14.2. The van der Waals surface area contributed by atoms with E-state index in [-0.39, 0.29) is 23.2 Å². The summed E-state index contributed by atoms with van der Waals surface area (Å²) in [6.45, 7) is 2.59. The Morgan fingerprint density at radius 1 is 1.46 bits per heavy atom. The number of likely N-dealkylation sites (tertiary alicyclic amines) is 1. The lowest BCUT2D eigenvalue weighted by Gasteiger charge is -2.50. The number of amides is 1. The number of halogens is 1. The molecular weight excluding hydrogens is 313 g/mol. The molecule has 0 bridgehead atoms. The number of hydrogen-bond donors (Lipinski definition) is 0. The van der Waals surface area contributed by atoms with E-state index in [0.29, 0.717) is 25.3 Å². The summed E-state index contributed by atoms with van der Waals surface area (Å²) >= 11 is 0. The minimum absolute atomic E-state index is 0.0864. The van der Waals surface area contributed by atoms with Crippen molar-refractivity contribution in [3.8, 4) is 5.75 Å². The summed E-state index contributed by atoms with van der Waals surface area (Å²) in [5, 5.41) is 0. The van der Waals surface area contributed by atoms with E-state index in [4.69, 9.17) is 14.2 Å². The van der Waals surface area contributed by atoms with E-state index in [1.807, 2.05) is 4.90 Å². The van der Waals surface area contributed by atoms with Crippen LogP contribution in [0.15, 0.2) is 18.2 Å². The van der Waals surface area contributed by atoms with Gasteiger partial charge in [0.2, 0.25) is 0 Å². The van der Waals surface area contributed by atoms with E-state index in [2.05, 4.69) is 0 Å². The summed E-state index contributed by atoms with van der Waals surface area (Å²) < 4.78 is 29.9. The van der Waals surface area contributed by atoms with Crippen LogP contribution in [-0.2, 0) is 9.47 Å². The number of ether oxygens (including phenoxy) is 3. The highest BCUT2D eigenvalue weighted by Gasteiger charge is 2.47. The molecule has 24 heavy (non-hydrogen) atoms. The maximum Gasteiger partial charge on any atom is 0.254 e. The first-order valence-corrected chi connectivity index (χ1v) is 8.33. The van der Waals surface area contributed by atoms with Gasteiger partial charge >= 0.3 is 0 Å². The lowest BCUT2D eigenvalue weighted by atomic mass is 9.73. The molecule has 2 saturated heterocycles. The van der Waals surface area contributed by atoms with Gasteiger partial charge in [-0.15, -0.1) is 0 Å². The van der Waals surface area contributed by atoms with Crippen LogP contribution in [0.2, 0.25) is 0 Å². The molecular formula is C18H24FNO4. The highest BCUT2D eigenvalue weighted by Crippen LogP contribution is 2.40. The van der Waals surface area contributed by atoms with Crippen LogP contribution in [0.5, 0.6) is 5.75 Å². The Morgan fingerprint density at radius 2 is 2.29 bits per heavy atom. The number of hydrogen-bond acceptors (Lipinski definition) is 4. The zero-order valence-corrected chi connectivity index (χ0v) is 14.2. The highest BCUT2D eigenvalue weighted by molar-refractivity contribution is 5.94. The van der Waals surface area contributed by atoms with Gasteiger partial charge in [-0.1, -0.05) is 0 Å². The fraction of sp³-hybridized carbons (Fsp3) is 0.611. The topological polar surface area (TPSA) is 48.0 Å². The second-order valence-corrected chi connectivity index (χ2v) is 6.62. The average molecular weight is 337 g/mol. The van der Waals surface area contributed by atoms with Gasteiger partial charge in [-0.3, -0.25) is 4.79 Å². The fourth-order valence-electron chi connectivity index (χ4n) is 3.94. The molecule has 0 N–H and O–H groups in total. The van der Waals surface area contributed by atoms with Gasteiger partial charge in [0.05, 0.1) is 19.8 Å². The molecule has 1 amide bonds. The lowest BCUT2D eigenvalue weighted by molar-refractivity contribution is -0.142. The summed E-state index contributed by atoms with van der Waals surface area (Å²) in [6, 6.07) is 4.24. The minimum Gasteiger partial charge on any atom is -0.494 e. The highest BCUT2D eigenvalue weighted by atomic mass is 19.1. The number of fused-ring (bicyclic) bond motifs is 1. The molecule has 2 atom stereocenters. The van der Waals surface area contributed by atoms with E-state index in [9.17, 15) is 9.18 Å². The van der Waals surface area contributed by atoms with Crippen LogP contribution >= 0.6 is 0 Å². The van der Waals surface area contributed by atoms with Crippen LogP contribution in [0, 0.1) is 11.2 Å². The maximum absolute atomic E-state index is 13.6. The summed E-state index contributed by atoms with van der Waals surface area (Å²) in [7, 11) is 3.08. The quantitative estimate of drug-likeness (QED) is 0.847. The van der Waals surface area contributed by atoms with Crippen LogP contribution < -0.4 is 4.74 Å². The predicted molar refractivity (Wildman–Crippen MR) is 86.8 cm³/mol. The summed E-state index contributed by atoms with van der Waals surface area (Å²) in [5.74, 6) is -0.486. The van der Waals surface area contributed by atoms with Gasteiger partial charge in [0, 0.05) is 37.8 Å². The van der Waals surface area contributed by atoms with Gasteiger partial charge in [0.15, 0.2) is 11.6 Å². The molecule has 6 heteroatoms. The molecule has 0 unspecified atom stereocenters. The molecule has 0 aromatic heterocycles. The minimum atomic E-state index is -0.468. The van der Waals surface area contributed by atoms with Crippen molar-refractivity contribution >= 4 is 5.91 Å². The first kappa shape index (κ1) is 17.2. The lowest BCUT2D eigenvalue weighted by Crippen LogP contribution is -2.58. The molecule has 2 heterocycles. The van der Waals surface area contributed by atoms with E-state index < -0.39 is 5.82 Å². The summed E-state index contributed by atoms with van der Waals surface area (Å²) in [4.78, 5) is 14.7. The first-order valence-electron chi connectivity index (χ1n) is 8.33. The van der Waals surface area contributed by atoms with Crippen molar-refractivity contribution in [3.05, 3.63) is 29.6 Å². The second kappa shape index (κ2) is 7.07. The third-order valence-corrected chi connectivity index (χ3v) is 5.11. The molecule has 0 spiro atoms. The van der Waals surface area contributed by atoms with Gasteiger partial charge in [0.25, 0.3) is 5.91 Å². The fourth-order valence-corrected chi connectivity index (χ4v) is 3.94. The molecule has 2 aliphatic rings. The van der Waals surface area contributed by atoms with E-state index >= 15 is 0 Å². The van der Waals surface area contributed by atoms with Crippen LogP contribution in [0.4, 0.5) is 4.39 Å². The van der Waals surface area contributed by atoms with Crippen molar-refractivity contribution < 1.29 is 23.4 Å². The number of piperidine rings is 1. The Bertz CT molecular complexity index is 605. The molecule has 1 aromatic rings. The van der Waals surface area contributed by atoms with E-state index in [1.165, 1.54) is 25.3 Å². The normalized spacial score (nSPS) is 26.8. The monoisotopic (exact) mass is 337 g/mol. The Kier molecular flexibility index (Phi) is 5.06. The molecule has 2 aliphatic heterocycles. The van der Waals surface area contributed by atoms with Gasteiger partial charge in [-0.05, 0) is 37.5 Å².